The number of nitrogens with zero attached hydrogens (tertiary/aromatic N) is 3. The molecule has 2 rings (SSSR count). The van der Waals surface area contributed by atoms with E-state index in [0.717, 1.165) is 11.1 Å². The summed E-state index contributed by atoms with van der Waals surface area (Å²) in [6.45, 7) is 7.09. The van der Waals surface area contributed by atoms with Gasteiger partial charge in [0.2, 0.25) is 17.6 Å². The fourth-order valence-corrected chi connectivity index (χ4v) is 1.75. The van der Waals surface area contributed by atoms with Crippen LogP contribution in [-0.2, 0) is 4.79 Å². The molecule has 7 heteroatoms. The molecule has 1 aromatic heterocycles. The first-order valence-electron chi connectivity index (χ1n) is 6.69. The van der Waals surface area contributed by atoms with Gasteiger partial charge >= 0.3 is 0 Å². The van der Waals surface area contributed by atoms with Gasteiger partial charge in [0.05, 0.1) is 6.42 Å². The summed E-state index contributed by atoms with van der Waals surface area (Å²) in [6.07, 6.45) is 3.06. The van der Waals surface area contributed by atoms with Gasteiger partial charge in [0.25, 0.3) is 0 Å². The summed E-state index contributed by atoms with van der Waals surface area (Å²) in [4.78, 5) is 16.0. The lowest BCUT2D eigenvalue weighted by molar-refractivity contribution is -0.115. The third kappa shape index (κ3) is 4.02. The Labute approximate surface area is 128 Å². The van der Waals surface area contributed by atoms with Crippen LogP contribution in [0.15, 0.2) is 40.6 Å². The maximum Gasteiger partial charge on any atom is 0.229 e. The number of nitrogens with one attached hydrogen (secondary N) is 2. The third-order valence-corrected chi connectivity index (χ3v) is 2.83. The zero-order valence-electron chi connectivity index (χ0n) is 12.5. The zero-order valence-corrected chi connectivity index (χ0v) is 12.5. The molecule has 0 aliphatic rings. The van der Waals surface area contributed by atoms with Crippen LogP contribution in [0.2, 0.25) is 0 Å². The number of hydrogen-bond donors (Lipinski definition) is 2. The highest BCUT2D eigenvalue weighted by Crippen LogP contribution is 2.23. The summed E-state index contributed by atoms with van der Waals surface area (Å²) in [5.74, 6) is 0.816. The molecule has 0 aliphatic carbocycles. The van der Waals surface area contributed by atoms with Crippen molar-refractivity contribution in [1.82, 2.24) is 15.6 Å². The SMILES string of the molecule is C=CN/N=C\CC(=O)Nc1cc(-c2noc(C)n2)ccc1C. The molecule has 22 heavy (non-hydrogen) atoms. The Morgan fingerprint density at radius 3 is 2.95 bits per heavy atom. The van der Waals surface area contributed by atoms with Crippen LogP contribution in [0.4, 0.5) is 5.69 Å². The second-order valence-corrected chi connectivity index (χ2v) is 4.56. The van der Waals surface area contributed by atoms with Crippen molar-refractivity contribution in [2.45, 2.75) is 20.3 Å². The van der Waals surface area contributed by atoms with Gasteiger partial charge in [0.15, 0.2) is 0 Å². The molecular weight excluding hydrogens is 282 g/mol. The molecule has 0 saturated carbocycles. The van der Waals surface area contributed by atoms with Crippen molar-refractivity contribution in [2.24, 2.45) is 5.10 Å². The average molecular weight is 299 g/mol. The topological polar surface area (TPSA) is 92.4 Å². The summed E-state index contributed by atoms with van der Waals surface area (Å²) >= 11 is 0. The first-order valence-corrected chi connectivity index (χ1v) is 6.69. The van der Waals surface area contributed by atoms with Crippen molar-refractivity contribution in [1.29, 1.82) is 0 Å². The minimum absolute atomic E-state index is 0.159. The number of benzene rings is 1. The predicted octanol–water partition coefficient (Wildman–Crippen LogP) is 2.40. The van der Waals surface area contributed by atoms with E-state index in [9.17, 15) is 4.79 Å². The zero-order chi connectivity index (χ0) is 15.9. The summed E-state index contributed by atoms with van der Waals surface area (Å²) < 4.78 is 4.97. The van der Waals surface area contributed by atoms with Crippen LogP contribution in [0.25, 0.3) is 11.4 Å². The van der Waals surface area contributed by atoms with E-state index >= 15 is 0 Å². The average Bonchev–Trinajstić information content (AvgIpc) is 2.92. The minimum atomic E-state index is -0.167. The molecule has 0 saturated heterocycles. The van der Waals surface area contributed by atoms with E-state index in [0.29, 0.717) is 17.4 Å². The Morgan fingerprint density at radius 1 is 1.45 bits per heavy atom. The maximum absolute atomic E-state index is 11.9. The Morgan fingerprint density at radius 2 is 2.27 bits per heavy atom. The molecule has 1 heterocycles. The lowest BCUT2D eigenvalue weighted by Gasteiger charge is -2.08. The number of carbonyl (C=O) groups excluding carboxylic acids is 1. The second kappa shape index (κ2) is 7.16. The molecule has 0 spiro atoms. The summed E-state index contributed by atoms with van der Waals surface area (Å²) in [7, 11) is 0. The van der Waals surface area contributed by atoms with Crippen LogP contribution >= 0.6 is 0 Å². The van der Waals surface area contributed by atoms with E-state index < -0.39 is 0 Å². The number of amides is 1. The van der Waals surface area contributed by atoms with E-state index in [-0.39, 0.29) is 12.3 Å². The van der Waals surface area contributed by atoms with Crippen molar-refractivity contribution < 1.29 is 9.32 Å². The minimum Gasteiger partial charge on any atom is -0.339 e. The lowest BCUT2D eigenvalue weighted by Crippen LogP contribution is -2.13. The predicted molar refractivity (Wildman–Crippen MR) is 84.3 cm³/mol. The lowest BCUT2D eigenvalue weighted by atomic mass is 10.1. The molecule has 114 valence electrons. The first-order chi connectivity index (χ1) is 10.6. The summed E-state index contributed by atoms with van der Waals surface area (Å²) in [6, 6.07) is 5.59. The number of carbonyl (C=O) groups is 1. The second-order valence-electron chi connectivity index (χ2n) is 4.56. The van der Waals surface area contributed by atoms with E-state index in [2.05, 4.69) is 32.6 Å². The fraction of sp³-hybridized carbons (Fsp3) is 0.200. The number of hydrazone groups is 1. The fourth-order valence-electron chi connectivity index (χ4n) is 1.75. The van der Waals surface area contributed by atoms with Crippen LogP contribution in [-0.4, -0.2) is 22.3 Å². The van der Waals surface area contributed by atoms with Crippen LogP contribution in [0.3, 0.4) is 0 Å². The van der Waals surface area contributed by atoms with E-state index in [4.69, 9.17) is 4.52 Å². The molecule has 7 nitrogen and oxygen atoms in total. The smallest absolute Gasteiger partial charge is 0.229 e. The standard InChI is InChI=1S/C15H17N5O2/c1-4-16-17-8-7-14(21)19-13-9-12(6-5-10(13)2)15-18-11(3)22-20-15/h4-6,8-9,16H,1,7H2,2-3H3,(H,19,21)/b17-8-. The highest BCUT2D eigenvalue weighted by atomic mass is 16.5. The largest absolute Gasteiger partial charge is 0.339 e. The van der Waals surface area contributed by atoms with Crippen molar-refractivity contribution in [3.05, 3.63) is 42.4 Å². The Hall–Kier alpha value is -2.96. The molecule has 0 atom stereocenters. The monoisotopic (exact) mass is 299 g/mol. The maximum atomic E-state index is 11.9. The molecule has 2 N–H and O–H groups in total. The number of aromatic nitrogens is 2. The van der Waals surface area contributed by atoms with Gasteiger partial charge in [0.1, 0.15) is 0 Å². The molecular formula is C15H17N5O2. The Bertz CT molecular complexity index is 706. The van der Waals surface area contributed by atoms with Gasteiger partial charge in [0, 0.05) is 30.6 Å². The molecule has 0 fully saturated rings. The summed E-state index contributed by atoms with van der Waals surface area (Å²) in [5, 5.41) is 10.5. The van der Waals surface area contributed by atoms with Gasteiger partial charge in [-0.25, -0.2) is 0 Å². The van der Waals surface area contributed by atoms with Gasteiger partial charge in [-0.1, -0.05) is 23.9 Å². The Kier molecular flexibility index (Phi) is 5.02. The van der Waals surface area contributed by atoms with Crippen LogP contribution in [0.1, 0.15) is 17.9 Å². The molecule has 0 aliphatic heterocycles. The highest BCUT2D eigenvalue weighted by Gasteiger charge is 2.09. The number of rotatable bonds is 6. The number of hydrogen-bond acceptors (Lipinski definition) is 6. The van der Waals surface area contributed by atoms with Crippen LogP contribution < -0.4 is 10.7 Å². The van der Waals surface area contributed by atoms with Crippen molar-refractivity contribution in [2.75, 3.05) is 5.32 Å². The Balaban J connectivity index is 2.10. The number of aryl methyl sites for hydroxylation is 2. The molecule has 0 unspecified atom stereocenters. The first kappa shape index (κ1) is 15.4. The summed E-state index contributed by atoms with van der Waals surface area (Å²) in [5.41, 5.74) is 4.96. The molecule has 1 amide bonds. The molecule has 2 aromatic rings. The van der Waals surface area contributed by atoms with Gasteiger partial charge in [-0.05, 0) is 18.6 Å². The molecule has 0 radical (unpaired) electrons. The highest BCUT2D eigenvalue weighted by molar-refractivity contribution is 5.99. The van der Waals surface area contributed by atoms with Crippen molar-refractivity contribution in [3.8, 4) is 11.4 Å². The molecule has 0 bridgehead atoms. The van der Waals surface area contributed by atoms with E-state index in [1.165, 1.54) is 12.4 Å². The van der Waals surface area contributed by atoms with Gasteiger partial charge in [-0.3, -0.25) is 10.2 Å². The van der Waals surface area contributed by atoms with Crippen molar-refractivity contribution in [3.63, 3.8) is 0 Å². The third-order valence-electron chi connectivity index (χ3n) is 2.83. The van der Waals surface area contributed by atoms with Gasteiger partial charge in [-0.2, -0.15) is 10.1 Å². The van der Waals surface area contributed by atoms with Crippen molar-refractivity contribution >= 4 is 17.8 Å². The number of anilines is 1. The van der Waals surface area contributed by atoms with E-state index in [1.54, 1.807) is 6.92 Å². The van der Waals surface area contributed by atoms with Crippen LogP contribution in [0, 0.1) is 13.8 Å². The van der Waals surface area contributed by atoms with E-state index in [1.807, 2.05) is 25.1 Å². The van der Waals surface area contributed by atoms with Crippen LogP contribution in [0.5, 0.6) is 0 Å². The van der Waals surface area contributed by atoms with Gasteiger partial charge < -0.3 is 9.84 Å². The quantitative estimate of drug-likeness (QED) is 0.631. The van der Waals surface area contributed by atoms with Gasteiger partial charge in [-0.15, -0.1) is 0 Å². The molecule has 1 aromatic carbocycles. The normalized spacial score (nSPS) is 10.6.